The first-order valence-electron chi connectivity index (χ1n) is 4.85. The van der Waals surface area contributed by atoms with Gasteiger partial charge < -0.3 is 0 Å². The SMILES string of the molecule is CC(C)CC(Cl)CCc1cccs1. The maximum atomic E-state index is 6.20. The normalized spacial score (nSPS) is 13.5. The molecular formula is C11H17ClS. The van der Waals surface area contributed by atoms with Gasteiger partial charge in [0.05, 0.1) is 0 Å². The van der Waals surface area contributed by atoms with Crippen LogP contribution in [0.3, 0.4) is 0 Å². The molecule has 0 radical (unpaired) electrons. The van der Waals surface area contributed by atoms with Crippen molar-refractivity contribution in [2.45, 2.75) is 38.5 Å². The van der Waals surface area contributed by atoms with Crippen LogP contribution in [-0.2, 0) is 6.42 Å². The van der Waals surface area contributed by atoms with E-state index in [1.165, 1.54) is 4.88 Å². The molecule has 2 heteroatoms. The summed E-state index contributed by atoms with van der Waals surface area (Å²) in [6.07, 6.45) is 3.38. The molecule has 0 spiro atoms. The topological polar surface area (TPSA) is 0 Å². The summed E-state index contributed by atoms with van der Waals surface area (Å²) in [5, 5.41) is 2.48. The number of thiophene rings is 1. The molecule has 1 heterocycles. The fourth-order valence-electron chi connectivity index (χ4n) is 1.38. The molecule has 0 fully saturated rings. The van der Waals surface area contributed by atoms with E-state index in [1.54, 1.807) is 0 Å². The molecule has 1 rings (SSSR count). The fraction of sp³-hybridized carbons (Fsp3) is 0.636. The standard InChI is InChI=1S/C11H17ClS/c1-9(2)8-10(12)5-6-11-4-3-7-13-11/h3-4,7,9-10H,5-6,8H2,1-2H3. The average Bonchev–Trinajstić information content (AvgIpc) is 2.51. The van der Waals surface area contributed by atoms with Gasteiger partial charge in [0.15, 0.2) is 0 Å². The number of hydrogen-bond donors (Lipinski definition) is 0. The number of halogens is 1. The third-order valence-corrected chi connectivity index (χ3v) is 3.34. The summed E-state index contributed by atoms with van der Waals surface area (Å²) in [4.78, 5) is 1.45. The Kier molecular flexibility index (Phi) is 4.82. The van der Waals surface area contributed by atoms with Gasteiger partial charge in [-0.25, -0.2) is 0 Å². The van der Waals surface area contributed by atoms with Crippen molar-refractivity contribution in [3.8, 4) is 0 Å². The Morgan fingerprint density at radius 1 is 1.46 bits per heavy atom. The first kappa shape index (κ1) is 11.1. The predicted octanol–water partition coefficient (Wildman–Crippen LogP) is 4.33. The monoisotopic (exact) mass is 216 g/mol. The molecule has 0 aliphatic heterocycles. The minimum Gasteiger partial charge on any atom is -0.149 e. The molecule has 13 heavy (non-hydrogen) atoms. The Hall–Kier alpha value is -0.0100. The van der Waals surface area contributed by atoms with Gasteiger partial charge in [0.2, 0.25) is 0 Å². The van der Waals surface area contributed by atoms with Gasteiger partial charge in [0, 0.05) is 10.3 Å². The molecule has 0 aliphatic rings. The lowest BCUT2D eigenvalue weighted by Gasteiger charge is -2.10. The number of hydrogen-bond acceptors (Lipinski definition) is 1. The van der Waals surface area contributed by atoms with Crippen molar-refractivity contribution in [3.05, 3.63) is 22.4 Å². The molecule has 1 aromatic heterocycles. The second-order valence-electron chi connectivity index (χ2n) is 3.84. The summed E-state index contributed by atoms with van der Waals surface area (Å²) < 4.78 is 0. The molecule has 0 saturated carbocycles. The van der Waals surface area contributed by atoms with Crippen LogP contribution in [0.5, 0.6) is 0 Å². The van der Waals surface area contributed by atoms with E-state index in [0.29, 0.717) is 11.3 Å². The highest BCUT2D eigenvalue weighted by Gasteiger charge is 2.07. The highest BCUT2D eigenvalue weighted by Crippen LogP contribution is 2.18. The Morgan fingerprint density at radius 2 is 2.23 bits per heavy atom. The van der Waals surface area contributed by atoms with Crippen LogP contribution < -0.4 is 0 Å². The summed E-state index contributed by atoms with van der Waals surface area (Å²) in [6.45, 7) is 4.45. The number of rotatable bonds is 5. The molecule has 0 bridgehead atoms. The highest BCUT2D eigenvalue weighted by molar-refractivity contribution is 7.09. The van der Waals surface area contributed by atoms with Crippen LogP contribution in [0.2, 0.25) is 0 Å². The molecule has 0 aliphatic carbocycles. The molecule has 1 atom stereocenters. The molecule has 1 unspecified atom stereocenters. The third-order valence-electron chi connectivity index (χ3n) is 2.01. The summed E-state index contributed by atoms with van der Waals surface area (Å²) in [6, 6.07) is 4.29. The van der Waals surface area contributed by atoms with Crippen molar-refractivity contribution in [1.82, 2.24) is 0 Å². The van der Waals surface area contributed by atoms with E-state index in [-0.39, 0.29) is 0 Å². The lowest BCUT2D eigenvalue weighted by Crippen LogP contribution is -2.04. The van der Waals surface area contributed by atoms with E-state index in [2.05, 4.69) is 31.4 Å². The van der Waals surface area contributed by atoms with Crippen molar-refractivity contribution in [1.29, 1.82) is 0 Å². The van der Waals surface area contributed by atoms with Crippen molar-refractivity contribution >= 4 is 22.9 Å². The summed E-state index contributed by atoms with van der Waals surface area (Å²) >= 11 is 8.02. The molecular weight excluding hydrogens is 200 g/mol. The Bertz CT molecular complexity index is 216. The summed E-state index contributed by atoms with van der Waals surface area (Å²) in [7, 11) is 0. The third kappa shape index (κ3) is 4.68. The molecule has 0 aromatic carbocycles. The van der Waals surface area contributed by atoms with Gasteiger partial charge in [-0.15, -0.1) is 22.9 Å². The molecule has 74 valence electrons. The summed E-state index contributed by atoms with van der Waals surface area (Å²) in [5.74, 6) is 0.714. The van der Waals surface area contributed by atoms with Gasteiger partial charge in [-0.3, -0.25) is 0 Å². The molecule has 0 amide bonds. The van der Waals surface area contributed by atoms with Gasteiger partial charge in [0.1, 0.15) is 0 Å². The Morgan fingerprint density at radius 3 is 2.77 bits per heavy atom. The van der Waals surface area contributed by atoms with Gasteiger partial charge in [-0.2, -0.15) is 0 Å². The zero-order valence-electron chi connectivity index (χ0n) is 8.29. The van der Waals surface area contributed by atoms with Crippen molar-refractivity contribution in [3.63, 3.8) is 0 Å². The predicted molar refractivity (Wildman–Crippen MR) is 61.7 cm³/mol. The van der Waals surface area contributed by atoms with Crippen LogP contribution in [0.15, 0.2) is 17.5 Å². The zero-order valence-corrected chi connectivity index (χ0v) is 9.87. The number of alkyl halides is 1. The van der Waals surface area contributed by atoms with E-state index < -0.39 is 0 Å². The van der Waals surface area contributed by atoms with Crippen LogP contribution >= 0.6 is 22.9 Å². The number of aryl methyl sites for hydroxylation is 1. The first-order valence-corrected chi connectivity index (χ1v) is 6.16. The second-order valence-corrected chi connectivity index (χ2v) is 5.49. The van der Waals surface area contributed by atoms with E-state index in [9.17, 15) is 0 Å². The van der Waals surface area contributed by atoms with E-state index in [4.69, 9.17) is 11.6 Å². The largest absolute Gasteiger partial charge is 0.149 e. The molecule has 0 saturated heterocycles. The quantitative estimate of drug-likeness (QED) is 0.643. The van der Waals surface area contributed by atoms with Crippen LogP contribution in [0.1, 0.15) is 31.6 Å². The minimum atomic E-state index is 0.349. The van der Waals surface area contributed by atoms with Crippen molar-refractivity contribution in [2.24, 2.45) is 5.92 Å². The van der Waals surface area contributed by atoms with Crippen molar-refractivity contribution < 1.29 is 0 Å². The van der Waals surface area contributed by atoms with E-state index in [1.807, 2.05) is 11.3 Å². The molecule has 0 N–H and O–H groups in total. The zero-order chi connectivity index (χ0) is 9.68. The highest BCUT2D eigenvalue weighted by atomic mass is 35.5. The van der Waals surface area contributed by atoms with E-state index >= 15 is 0 Å². The first-order chi connectivity index (χ1) is 6.18. The van der Waals surface area contributed by atoms with Crippen LogP contribution in [0, 0.1) is 5.92 Å². The van der Waals surface area contributed by atoms with Crippen LogP contribution in [0.4, 0.5) is 0 Å². The Balaban J connectivity index is 2.19. The lowest BCUT2D eigenvalue weighted by atomic mass is 10.0. The van der Waals surface area contributed by atoms with Gasteiger partial charge in [-0.1, -0.05) is 19.9 Å². The van der Waals surface area contributed by atoms with Gasteiger partial charge in [-0.05, 0) is 36.6 Å². The molecule has 1 aromatic rings. The second kappa shape index (κ2) is 5.66. The van der Waals surface area contributed by atoms with Gasteiger partial charge in [0.25, 0.3) is 0 Å². The minimum absolute atomic E-state index is 0.349. The fourth-order valence-corrected chi connectivity index (χ4v) is 2.57. The molecule has 0 nitrogen and oxygen atoms in total. The van der Waals surface area contributed by atoms with Gasteiger partial charge >= 0.3 is 0 Å². The average molecular weight is 217 g/mol. The van der Waals surface area contributed by atoms with Crippen LogP contribution in [0.25, 0.3) is 0 Å². The Labute approximate surface area is 89.9 Å². The lowest BCUT2D eigenvalue weighted by molar-refractivity contribution is 0.545. The van der Waals surface area contributed by atoms with E-state index in [0.717, 1.165) is 19.3 Å². The van der Waals surface area contributed by atoms with Crippen LogP contribution in [-0.4, -0.2) is 5.38 Å². The van der Waals surface area contributed by atoms with Crippen molar-refractivity contribution in [2.75, 3.05) is 0 Å². The maximum Gasteiger partial charge on any atom is 0.0342 e. The smallest absolute Gasteiger partial charge is 0.0342 e. The maximum absolute atomic E-state index is 6.20. The summed E-state index contributed by atoms with van der Waals surface area (Å²) in [5.41, 5.74) is 0.